The van der Waals surface area contributed by atoms with Gasteiger partial charge in [-0.3, -0.25) is 4.79 Å². The van der Waals surface area contributed by atoms with E-state index in [1.54, 1.807) is 0 Å². The van der Waals surface area contributed by atoms with Crippen molar-refractivity contribution in [1.82, 2.24) is 5.32 Å². The van der Waals surface area contributed by atoms with E-state index in [9.17, 15) is 4.79 Å². The molecule has 1 unspecified atom stereocenters. The molecule has 0 bridgehead atoms. The summed E-state index contributed by atoms with van der Waals surface area (Å²) in [5.74, 6) is 0.378. The van der Waals surface area contributed by atoms with E-state index >= 15 is 0 Å². The molecule has 1 atom stereocenters. The molecule has 4 nitrogen and oxygen atoms in total. The molecule has 0 radical (unpaired) electrons. The topological polar surface area (TPSA) is 64.4 Å². The highest BCUT2D eigenvalue weighted by Gasteiger charge is 2.25. The molecule has 92 valence electrons. The zero-order chi connectivity index (χ0) is 11.4. The average Bonchev–Trinajstić information content (AvgIpc) is 2.80. The number of carbonyl (C=O) groups excluding carboxylic acids is 1. The lowest BCUT2D eigenvalue weighted by Gasteiger charge is -2.25. The number of nitrogens with one attached hydrogen (secondary N) is 1. The maximum Gasteiger partial charge on any atom is 0.223 e. The smallest absolute Gasteiger partial charge is 0.223 e. The van der Waals surface area contributed by atoms with E-state index in [4.69, 9.17) is 10.5 Å². The molecule has 0 spiro atoms. The highest BCUT2D eigenvalue weighted by Crippen LogP contribution is 2.23. The Morgan fingerprint density at radius 2 is 2.00 bits per heavy atom. The molecule has 2 aliphatic rings. The fourth-order valence-corrected chi connectivity index (χ4v) is 2.55. The molecular formula is C12H22N2O2. The van der Waals surface area contributed by atoms with Crippen LogP contribution in [0.5, 0.6) is 0 Å². The number of nitrogens with two attached hydrogens (primary N) is 1. The second-order valence-corrected chi connectivity index (χ2v) is 4.99. The quantitative estimate of drug-likeness (QED) is 0.748. The Balaban J connectivity index is 1.67. The third kappa shape index (κ3) is 3.19. The van der Waals surface area contributed by atoms with Crippen molar-refractivity contribution < 1.29 is 9.53 Å². The highest BCUT2D eigenvalue weighted by atomic mass is 16.5. The first-order valence-corrected chi connectivity index (χ1v) is 6.40. The van der Waals surface area contributed by atoms with Crippen molar-refractivity contribution in [3.8, 4) is 0 Å². The van der Waals surface area contributed by atoms with Crippen molar-refractivity contribution in [1.29, 1.82) is 0 Å². The average molecular weight is 226 g/mol. The summed E-state index contributed by atoms with van der Waals surface area (Å²) in [5.41, 5.74) is 5.82. The van der Waals surface area contributed by atoms with Gasteiger partial charge in [-0.05, 0) is 38.5 Å². The minimum Gasteiger partial charge on any atom is -0.376 e. The first kappa shape index (κ1) is 11.9. The van der Waals surface area contributed by atoms with Gasteiger partial charge < -0.3 is 15.8 Å². The molecule has 3 N–H and O–H groups in total. The lowest BCUT2D eigenvalue weighted by molar-refractivity contribution is -0.126. The second-order valence-electron chi connectivity index (χ2n) is 4.99. The van der Waals surface area contributed by atoms with Gasteiger partial charge in [0.25, 0.3) is 0 Å². The zero-order valence-electron chi connectivity index (χ0n) is 9.78. The van der Waals surface area contributed by atoms with E-state index in [0.717, 1.165) is 45.1 Å². The van der Waals surface area contributed by atoms with E-state index in [-0.39, 0.29) is 17.9 Å². The summed E-state index contributed by atoms with van der Waals surface area (Å²) in [6.07, 6.45) is 6.30. The largest absolute Gasteiger partial charge is 0.376 e. The zero-order valence-corrected chi connectivity index (χ0v) is 9.78. The van der Waals surface area contributed by atoms with Crippen molar-refractivity contribution >= 4 is 5.91 Å². The fourth-order valence-electron chi connectivity index (χ4n) is 2.55. The number of hydrogen-bond donors (Lipinski definition) is 2. The summed E-state index contributed by atoms with van der Waals surface area (Å²) >= 11 is 0. The molecular weight excluding hydrogens is 204 g/mol. The first-order valence-electron chi connectivity index (χ1n) is 6.40. The third-order valence-corrected chi connectivity index (χ3v) is 3.67. The summed E-state index contributed by atoms with van der Waals surface area (Å²) in [4.78, 5) is 11.9. The van der Waals surface area contributed by atoms with E-state index in [1.807, 2.05) is 0 Å². The lowest BCUT2D eigenvalue weighted by Crippen LogP contribution is -2.39. The maximum atomic E-state index is 11.9. The Morgan fingerprint density at radius 3 is 2.62 bits per heavy atom. The van der Waals surface area contributed by atoms with Gasteiger partial charge in [0.05, 0.1) is 6.10 Å². The Bertz CT molecular complexity index is 231. The molecule has 1 saturated carbocycles. The van der Waals surface area contributed by atoms with Gasteiger partial charge in [0.15, 0.2) is 0 Å². The number of rotatable bonds is 3. The molecule has 4 heteroatoms. The van der Waals surface area contributed by atoms with Crippen LogP contribution in [0.4, 0.5) is 0 Å². The van der Waals surface area contributed by atoms with E-state index < -0.39 is 0 Å². The van der Waals surface area contributed by atoms with Crippen molar-refractivity contribution in [2.24, 2.45) is 11.7 Å². The summed E-state index contributed by atoms with van der Waals surface area (Å²) in [6.45, 7) is 1.53. The summed E-state index contributed by atoms with van der Waals surface area (Å²) in [5, 5.41) is 3.00. The minimum atomic E-state index is 0.182. The molecule has 1 aliphatic carbocycles. The Hall–Kier alpha value is -0.610. The van der Waals surface area contributed by atoms with Crippen LogP contribution < -0.4 is 11.1 Å². The van der Waals surface area contributed by atoms with Crippen LogP contribution in [0.25, 0.3) is 0 Å². The van der Waals surface area contributed by atoms with Gasteiger partial charge in [-0.2, -0.15) is 0 Å². The minimum absolute atomic E-state index is 0.182. The van der Waals surface area contributed by atoms with Crippen LogP contribution in [-0.2, 0) is 9.53 Å². The number of carbonyl (C=O) groups is 1. The Kier molecular flexibility index (Phi) is 4.18. The molecule has 1 amide bonds. The van der Waals surface area contributed by atoms with Gasteiger partial charge >= 0.3 is 0 Å². The molecule has 0 aromatic rings. The predicted molar refractivity (Wildman–Crippen MR) is 61.9 cm³/mol. The van der Waals surface area contributed by atoms with Crippen molar-refractivity contribution in [3.05, 3.63) is 0 Å². The van der Waals surface area contributed by atoms with Crippen molar-refractivity contribution in [2.75, 3.05) is 13.2 Å². The number of ether oxygens (including phenoxy) is 1. The first-order chi connectivity index (χ1) is 7.75. The van der Waals surface area contributed by atoms with Crippen LogP contribution >= 0.6 is 0 Å². The number of amides is 1. The van der Waals surface area contributed by atoms with E-state index in [0.29, 0.717) is 12.6 Å². The monoisotopic (exact) mass is 226 g/mol. The van der Waals surface area contributed by atoms with Crippen LogP contribution in [0.15, 0.2) is 0 Å². The summed E-state index contributed by atoms with van der Waals surface area (Å²) < 4.78 is 5.47. The SMILES string of the molecule is NC1CCC(C(=O)NCC2CCCO2)CC1. The second kappa shape index (κ2) is 5.64. The van der Waals surface area contributed by atoms with Crippen LogP contribution in [0.3, 0.4) is 0 Å². The van der Waals surface area contributed by atoms with Gasteiger partial charge in [0, 0.05) is 25.1 Å². The molecule has 0 aromatic carbocycles. The molecule has 1 saturated heterocycles. The molecule has 16 heavy (non-hydrogen) atoms. The van der Waals surface area contributed by atoms with E-state index in [1.165, 1.54) is 0 Å². The number of hydrogen-bond acceptors (Lipinski definition) is 3. The molecule has 2 rings (SSSR count). The van der Waals surface area contributed by atoms with Gasteiger partial charge in [-0.15, -0.1) is 0 Å². The molecule has 0 aromatic heterocycles. The third-order valence-electron chi connectivity index (χ3n) is 3.67. The normalized spacial score (nSPS) is 34.9. The van der Waals surface area contributed by atoms with Gasteiger partial charge in [0.1, 0.15) is 0 Å². The van der Waals surface area contributed by atoms with E-state index in [2.05, 4.69) is 5.32 Å². The molecule has 1 aliphatic heterocycles. The van der Waals surface area contributed by atoms with Gasteiger partial charge in [-0.1, -0.05) is 0 Å². The predicted octanol–water partition coefficient (Wildman–Crippen LogP) is 0.799. The van der Waals surface area contributed by atoms with Crippen LogP contribution in [0, 0.1) is 5.92 Å². The van der Waals surface area contributed by atoms with Crippen LogP contribution in [0.2, 0.25) is 0 Å². The van der Waals surface area contributed by atoms with Crippen LogP contribution in [-0.4, -0.2) is 31.2 Å². The van der Waals surface area contributed by atoms with Crippen molar-refractivity contribution in [2.45, 2.75) is 50.7 Å². The van der Waals surface area contributed by atoms with Gasteiger partial charge in [-0.25, -0.2) is 0 Å². The summed E-state index contributed by atoms with van der Waals surface area (Å²) in [6, 6.07) is 0.308. The highest BCUT2D eigenvalue weighted by molar-refractivity contribution is 5.78. The maximum absolute atomic E-state index is 11.9. The Labute approximate surface area is 96.9 Å². The fraction of sp³-hybridized carbons (Fsp3) is 0.917. The standard InChI is InChI=1S/C12H22N2O2/c13-10-5-3-9(4-6-10)12(15)14-8-11-2-1-7-16-11/h9-11H,1-8,13H2,(H,14,15). The molecule has 1 heterocycles. The summed E-state index contributed by atoms with van der Waals surface area (Å²) in [7, 11) is 0. The van der Waals surface area contributed by atoms with Crippen molar-refractivity contribution in [3.63, 3.8) is 0 Å². The Morgan fingerprint density at radius 1 is 1.25 bits per heavy atom. The van der Waals surface area contributed by atoms with Gasteiger partial charge in [0.2, 0.25) is 5.91 Å². The van der Waals surface area contributed by atoms with Crippen LogP contribution in [0.1, 0.15) is 38.5 Å². The lowest BCUT2D eigenvalue weighted by atomic mass is 9.86. The molecule has 2 fully saturated rings.